The summed E-state index contributed by atoms with van der Waals surface area (Å²) >= 11 is 0. The van der Waals surface area contributed by atoms with Crippen molar-refractivity contribution >= 4 is 48.1 Å². The number of benzene rings is 2. The molecule has 0 fully saturated rings. The van der Waals surface area contributed by atoms with Crippen LogP contribution in [-0.2, 0) is 60.6 Å². The van der Waals surface area contributed by atoms with Crippen LogP contribution in [0, 0.1) is 0 Å². The van der Waals surface area contributed by atoms with Crippen LogP contribution in [0.4, 0.5) is 0 Å². The number of ether oxygens (including phenoxy) is 4. The van der Waals surface area contributed by atoms with Gasteiger partial charge >= 0.3 is 23.9 Å². The lowest BCUT2D eigenvalue weighted by Gasteiger charge is -2.19. The Balaban J connectivity index is 0.000000395. The molecule has 2 heterocycles. The highest BCUT2D eigenvalue weighted by Gasteiger charge is 2.27. The molecule has 4 rings (SSSR count). The van der Waals surface area contributed by atoms with Gasteiger partial charge in [0.05, 0.1) is 44.1 Å². The van der Waals surface area contributed by atoms with Gasteiger partial charge in [-0.2, -0.15) is 0 Å². The van der Waals surface area contributed by atoms with Gasteiger partial charge in [0.2, 0.25) is 11.8 Å². The van der Waals surface area contributed by atoms with Crippen molar-refractivity contribution in [2.24, 2.45) is 10.3 Å². The van der Waals surface area contributed by atoms with Gasteiger partial charge in [0.15, 0.2) is 0 Å². The van der Waals surface area contributed by atoms with Crippen molar-refractivity contribution in [3.63, 3.8) is 0 Å². The van der Waals surface area contributed by atoms with Gasteiger partial charge in [-0.3, -0.25) is 19.2 Å². The number of nitrogens with zero attached hydrogens (tertiary/aromatic N) is 2. The number of aliphatic hydroxyl groups excluding tert-OH is 3. The van der Waals surface area contributed by atoms with Crippen LogP contribution in [0.25, 0.3) is 0 Å². The number of cyclic esters (lactones) is 4. The standard InChI is InChI=1S/C27H32N2O9.C27H32N2O8/c1-18-10-11-19-6-3-8-23(32)26(19)27(35)38-20(7-4-14-28-24(33)9-5-15-29-36-2)16-25(34)37-21(17-30)12-13-22(18)31;1-18-11-13-20-7-4-9-23(31)26(20)27(34)37-21(17-25(33)36-19(2)12-14-22(18)30)8-5-15-28-24(32)10-6-16-29-35-3/h3-6,8-10,12-15,20-22,30-32H,7,11,16-17H2,1-2H3,(H,28,33);4-7,9-12,14-16,19,21-22,30-31H,8,13,17H2,1-3H3,(H,28,32)/b9-5-,13-12+,14-4+,18-10-,29-15+;10-6+,14-12+,15-5+,18-11-,29-16+. The fraction of sp³-hybridized carbons (Fsp3) is 0.333. The lowest BCUT2D eigenvalue weighted by molar-refractivity contribution is -0.151. The van der Waals surface area contributed by atoms with Gasteiger partial charge in [-0.15, -0.1) is 0 Å². The predicted molar refractivity (Wildman–Crippen MR) is 275 cm³/mol. The average Bonchev–Trinajstić information content (AvgIpc) is 3.37. The Morgan fingerprint density at radius 1 is 0.667 bits per heavy atom. The Labute approximate surface area is 434 Å². The molecule has 0 saturated heterocycles. The van der Waals surface area contributed by atoms with Crippen LogP contribution in [-0.4, -0.2) is 131 Å². The quantitative estimate of drug-likeness (QED) is 0.0357. The number of fused-ring (bicyclic) bond motifs is 2. The summed E-state index contributed by atoms with van der Waals surface area (Å²) in [5.74, 6) is -4.49. The Kier molecular flexibility index (Phi) is 27.1. The third-order valence-electron chi connectivity index (χ3n) is 10.6. The lowest BCUT2D eigenvalue weighted by Crippen LogP contribution is -2.27. The van der Waals surface area contributed by atoms with Crippen LogP contribution in [0.5, 0.6) is 11.5 Å². The van der Waals surface area contributed by atoms with E-state index < -0.39 is 78.9 Å². The number of amides is 2. The second-order valence-corrected chi connectivity index (χ2v) is 16.3. The number of aliphatic hydroxyl groups is 3. The first-order valence-electron chi connectivity index (χ1n) is 23.4. The number of rotatable bonds is 13. The first kappa shape index (κ1) is 60.9. The van der Waals surface area contributed by atoms with E-state index in [0.717, 1.165) is 0 Å². The molecular weight excluding hydrogens is 977 g/mol. The molecule has 2 aliphatic rings. The normalized spacial score (nSPS) is 23.7. The molecule has 0 radical (unpaired) electrons. The summed E-state index contributed by atoms with van der Waals surface area (Å²) in [5.41, 5.74) is 2.03. The maximum atomic E-state index is 13.1. The summed E-state index contributed by atoms with van der Waals surface area (Å²) in [6.45, 7) is 4.54. The van der Waals surface area contributed by atoms with Crippen molar-refractivity contribution in [3.05, 3.63) is 155 Å². The van der Waals surface area contributed by atoms with Crippen LogP contribution < -0.4 is 10.6 Å². The number of phenolic OH excluding ortho intramolecular Hbond substituents is 2. The topological polar surface area (TPSA) is 308 Å². The number of carbonyl (C=O) groups is 6. The zero-order valence-corrected chi connectivity index (χ0v) is 42.1. The minimum atomic E-state index is -1.02. The van der Waals surface area contributed by atoms with Crippen molar-refractivity contribution in [1.82, 2.24) is 10.6 Å². The highest BCUT2D eigenvalue weighted by atomic mass is 16.6. The molecule has 0 bridgehead atoms. The molecule has 2 aromatic carbocycles. The molecule has 21 nitrogen and oxygen atoms in total. The summed E-state index contributed by atoms with van der Waals surface area (Å²) in [7, 11) is 2.74. The minimum absolute atomic E-state index is 0.0241. The van der Waals surface area contributed by atoms with Crippen LogP contribution in [0.15, 0.2) is 143 Å². The van der Waals surface area contributed by atoms with Gasteiger partial charge in [0, 0.05) is 37.4 Å². The summed E-state index contributed by atoms with van der Waals surface area (Å²) in [5, 5.41) is 63.0. The summed E-state index contributed by atoms with van der Waals surface area (Å²) < 4.78 is 21.8. The van der Waals surface area contributed by atoms with E-state index in [-0.39, 0.29) is 61.2 Å². The van der Waals surface area contributed by atoms with Crippen molar-refractivity contribution in [2.75, 3.05) is 20.8 Å². The van der Waals surface area contributed by atoms with Crippen LogP contribution in [0.2, 0.25) is 0 Å². The Morgan fingerprint density at radius 3 is 1.55 bits per heavy atom. The van der Waals surface area contributed by atoms with Gasteiger partial charge in [-0.25, -0.2) is 9.59 Å². The number of oxime groups is 2. The molecule has 0 saturated carbocycles. The summed E-state index contributed by atoms with van der Waals surface area (Å²) in [6.07, 6.45) is 17.2. The number of allylic oxidation sites excluding steroid dienone is 4. The van der Waals surface area contributed by atoms with Crippen molar-refractivity contribution in [1.29, 1.82) is 0 Å². The van der Waals surface area contributed by atoms with Gasteiger partial charge in [0.1, 0.15) is 61.3 Å². The SMILES string of the molecule is CO/N=C/C=C/C(=O)N/C=C/CC1CC(=O)OC(C)/C=C/C(O)/C(C)=C\Cc2cccc(O)c2C(=O)O1.CO/N=C/C=C\C(=O)N/C=C/CC1CC(=O)OC(CO)/C=C/C(O)/C(C)=C\Cc2cccc(O)c2C(=O)O1. The number of aromatic hydroxyl groups is 2. The van der Waals surface area contributed by atoms with Crippen LogP contribution in [0.1, 0.15) is 78.3 Å². The molecule has 0 aromatic heterocycles. The van der Waals surface area contributed by atoms with Gasteiger partial charge in [-0.1, -0.05) is 71.0 Å². The van der Waals surface area contributed by atoms with Crippen molar-refractivity contribution < 1.29 is 82.9 Å². The molecule has 6 unspecified atom stereocenters. The smallest absolute Gasteiger partial charge is 0.342 e. The molecule has 21 heteroatoms. The van der Waals surface area contributed by atoms with Crippen molar-refractivity contribution in [2.45, 2.75) is 95.9 Å². The van der Waals surface area contributed by atoms with E-state index >= 15 is 0 Å². The fourth-order valence-corrected chi connectivity index (χ4v) is 6.62. The van der Waals surface area contributed by atoms with E-state index in [1.807, 2.05) is 0 Å². The molecule has 7 N–H and O–H groups in total. The first-order chi connectivity index (χ1) is 35.9. The van der Waals surface area contributed by atoms with E-state index in [1.165, 1.54) is 106 Å². The second kappa shape index (κ2) is 33.4. The minimum Gasteiger partial charge on any atom is -0.507 e. The summed E-state index contributed by atoms with van der Waals surface area (Å²) in [6, 6.07) is 9.22. The number of phenols is 2. The fourth-order valence-electron chi connectivity index (χ4n) is 6.62. The molecule has 0 spiro atoms. The zero-order valence-electron chi connectivity index (χ0n) is 42.1. The van der Waals surface area contributed by atoms with Gasteiger partial charge in [0.25, 0.3) is 0 Å². The monoisotopic (exact) mass is 1040 g/mol. The van der Waals surface area contributed by atoms with Crippen LogP contribution >= 0.6 is 0 Å². The Hall–Kier alpha value is -8.40. The van der Waals surface area contributed by atoms with Gasteiger partial charge < -0.3 is 64.8 Å². The predicted octanol–water partition coefficient (Wildman–Crippen LogP) is 4.71. The molecule has 6 atom stereocenters. The van der Waals surface area contributed by atoms with Crippen LogP contribution in [0.3, 0.4) is 0 Å². The average molecular weight is 1040 g/mol. The summed E-state index contributed by atoms with van der Waals surface area (Å²) in [4.78, 5) is 83.8. The van der Waals surface area contributed by atoms with E-state index in [0.29, 0.717) is 22.3 Å². The maximum absolute atomic E-state index is 13.1. The Morgan fingerprint density at radius 2 is 1.11 bits per heavy atom. The highest BCUT2D eigenvalue weighted by Crippen LogP contribution is 2.27. The third kappa shape index (κ3) is 22.9. The molecule has 402 valence electrons. The highest BCUT2D eigenvalue weighted by molar-refractivity contribution is 5.95. The van der Waals surface area contributed by atoms with E-state index in [4.69, 9.17) is 18.9 Å². The molecule has 2 aliphatic heterocycles. The zero-order chi connectivity index (χ0) is 55.1. The van der Waals surface area contributed by atoms with E-state index in [1.54, 1.807) is 63.3 Å². The number of esters is 4. The van der Waals surface area contributed by atoms with E-state index in [9.17, 15) is 54.3 Å². The Bertz CT molecular complexity index is 2570. The largest absolute Gasteiger partial charge is 0.507 e. The molecule has 0 aliphatic carbocycles. The molecule has 2 aromatic rings. The number of nitrogens with one attached hydrogen (secondary N) is 2. The number of hydrogen-bond donors (Lipinski definition) is 7. The molecular formula is C54H64N4O17. The lowest BCUT2D eigenvalue weighted by atomic mass is 10.0. The number of hydrogen-bond acceptors (Lipinski definition) is 19. The first-order valence-corrected chi connectivity index (χ1v) is 23.4. The maximum Gasteiger partial charge on any atom is 0.342 e. The number of carbonyl (C=O) groups excluding carboxylic acids is 6. The second-order valence-electron chi connectivity index (χ2n) is 16.3. The molecule has 2 amide bonds. The van der Waals surface area contributed by atoms with E-state index in [2.05, 4.69) is 30.6 Å². The third-order valence-corrected chi connectivity index (χ3v) is 10.6. The molecule has 75 heavy (non-hydrogen) atoms. The van der Waals surface area contributed by atoms with Crippen molar-refractivity contribution in [3.8, 4) is 11.5 Å². The van der Waals surface area contributed by atoms with Gasteiger partial charge in [-0.05, 0) is 92.3 Å².